The molecule has 0 atom stereocenters. The van der Waals surface area contributed by atoms with Crippen molar-refractivity contribution < 1.29 is 14.3 Å². The molecule has 0 bridgehead atoms. The predicted octanol–water partition coefficient (Wildman–Crippen LogP) is 4.03. The molecule has 1 rings (SSSR count). The third kappa shape index (κ3) is 5.53. The molecule has 0 aliphatic heterocycles. The van der Waals surface area contributed by atoms with Crippen LogP contribution in [0.25, 0.3) is 0 Å². The molecule has 2 amide bonds. The number of amides is 2. The first-order valence-electron chi connectivity index (χ1n) is 7.10. The Labute approximate surface area is 141 Å². The summed E-state index contributed by atoms with van der Waals surface area (Å²) < 4.78 is 5.27. The van der Waals surface area contributed by atoms with E-state index < -0.39 is 17.6 Å². The number of rotatable bonds is 5. The van der Waals surface area contributed by atoms with Crippen molar-refractivity contribution in [2.45, 2.75) is 32.8 Å². The maximum Gasteiger partial charge on any atom is 0.417 e. The molecule has 0 saturated heterocycles. The molecule has 5 nitrogen and oxygen atoms in total. The lowest BCUT2D eigenvalue weighted by Crippen LogP contribution is -2.41. The molecule has 0 unspecified atom stereocenters. The zero-order chi connectivity index (χ0) is 17.6. The molecule has 0 aliphatic rings. The summed E-state index contributed by atoms with van der Waals surface area (Å²) in [5, 5.41) is 0.269. The first-order valence-corrected chi connectivity index (χ1v) is 7.48. The smallest absolute Gasteiger partial charge is 0.417 e. The Bertz CT molecular complexity index is 621. The number of hydrogen-bond donors (Lipinski definition) is 0. The van der Waals surface area contributed by atoms with Crippen LogP contribution in [-0.4, -0.2) is 34.0 Å². The quantitative estimate of drug-likeness (QED) is 0.601. The highest BCUT2D eigenvalue weighted by atomic mass is 35.5. The molecular weight excluding hydrogens is 316 g/mol. The van der Waals surface area contributed by atoms with Gasteiger partial charge in [0.1, 0.15) is 10.8 Å². The summed E-state index contributed by atoms with van der Waals surface area (Å²) in [6.45, 7) is 12.5. The van der Waals surface area contributed by atoms with E-state index >= 15 is 0 Å². The molecule has 1 heterocycles. The predicted molar refractivity (Wildman–Crippen MR) is 90.6 cm³/mol. The van der Waals surface area contributed by atoms with E-state index in [4.69, 9.17) is 16.3 Å². The van der Waals surface area contributed by atoms with E-state index in [9.17, 15) is 9.59 Å². The molecule has 23 heavy (non-hydrogen) atoms. The van der Waals surface area contributed by atoms with Crippen LogP contribution in [0.15, 0.2) is 37.6 Å². The second-order valence-corrected chi connectivity index (χ2v) is 6.23. The van der Waals surface area contributed by atoms with Gasteiger partial charge in [-0.05, 0) is 38.8 Å². The average molecular weight is 337 g/mol. The minimum absolute atomic E-state index is 0.0316. The average Bonchev–Trinajstić information content (AvgIpc) is 2.42. The summed E-state index contributed by atoms with van der Waals surface area (Å²) in [5.41, 5.74) is 0.212. The van der Waals surface area contributed by atoms with Gasteiger partial charge in [0, 0.05) is 6.20 Å². The number of pyridine rings is 1. The largest absolute Gasteiger partial charge is 0.443 e. The zero-order valence-corrected chi connectivity index (χ0v) is 14.4. The Balaban J connectivity index is 3.18. The van der Waals surface area contributed by atoms with Gasteiger partial charge in [-0.3, -0.25) is 4.79 Å². The van der Waals surface area contributed by atoms with E-state index in [2.05, 4.69) is 18.1 Å². The molecule has 0 N–H and O–H groups in total. The second-order valence-electron chi connectivity index (χ2n) is 5.84. The van der Waals surface area contributed by atoms with Crippen LogP contribution >= 0.6 is 11.6 Å². The maximum atomic E-state index is 12.7. The van der Waals surface area contributed by atoms with Gasteiger partial charge in [-0.2, -0.15) is 0 Å². The van der Waals surface area contributed by atoms with Crippen molar-refractivity contribution in [2.24, 2.45) is 0 Å². The number of carbonyl (C=O) groups is 2. The van der Waals surface area contributed by atoms with E-state index in [0.717, 1.165) is 4.90 Å². The number of allylic oxidation sites excluding steroid dienone is 1. The minimum Gasteiger partial charge on any atom is -0.443 e. The number of aromatic nitrogens is 1. The number of carbonyl (C=O) groups excluding carboxylic acids is 2. The Morgan fingerprint density at radius 3 is 2.52 bits per heavy atom. The molecule has 124 valence electrons. The molecule has 0 spiro atoms. The highest BCUT2D eigenvalue weighted by Gasteiger charge is 2.28. The summed E-state index contributed by atoms with van der Waals surface area (Å²) in [6.07, 6.45) is 4.15. The van der Waals surface area contributed by atoms with Crippen LogP contribution in [0.4, 0.5) is 4.79 Å². The molecule has 1 aromatic heterocycles. The van der Waals surface area contributed by atoms with Crippen LogP contribution in [0.2, 0.25) is 5.15 Å². The van der Waals surface area contributed by atoms with E-state index in [0.29, 0.717) is 12.0 Å². The monoisotopic (exact) mass is 336 g/mol. The van der Waals surface area contributed by atoms with E-state index in [1.54, 1.807) is 32.9 Å². The van der Waals surface area contributed by atoms with Crippen LogP contribution in [0.5, 0.6) is 0 Å². The van der Waals surface area contributed by atoms with Gasteiger partial charge in [-0.25, -0.2) is 14.7 Å². The summed E-state index contributed by atoms with van der Waals surface area (Å²) in [4.78, 5) is 29.9. The SMILES string of the molecule is C=CCc1cc(Cl)ncc1C(=O)N(CC=C)C(=O)OC(C)(C)C. The van der Waals surface area contributed by atoms with Gasteiger partial charge in [0.15, 0.2) is 0 Å². The molecule has 0 aromatic carbocycles. The third-order valence-electron chi connectivity index (χ3n) is 2.72. The fraction of sp³-hybridized carbons (Fsp3) is 0.353. The van der Waals surface area contributed by atoms with Crippen LogP contribution < -0.4 is 0 Å². The fourth-order valence-corrected chi connectivity index (χ4v) is 2.00. The van der Waals surface area contributed by atoms with Crippen molar-refractivity contribution in [3.05, 3.63) is 53.9 Å². The Morgan fingerprint density at radius 1 is 1.35 bits per heavy atom. The van der Waals surface area contributed by atoms with Crippen molar-refractivity contribution in [3.63, 3.8) is 0 Å². The molecule has 0 saturated carbocycles. The van der Waals surface area contributed by atoms with E-state index in [-0.39, 0.29) is 17.3 Å². The van der Waals surface area contributed by atoms with Crippen molar-refractivity contribution in [2.75, 3.05) is 6.54 Å². The Morgan fingerprint density at radius 2 is 2.00 bits per heavy atom. The lowest BCUT2D eigenvalue weighted by Gasteiger charge is -2.25. The summed E-state index contributed by atoms with van der Waals surface area (Å²) in [6, 6.07) is 1.58. The lowest BCUT2D eigenvalue weighted by molar-refractivity contribution is 0.0260. The molecule has 1 aromatic rings. The van der Waals surface area contributed by atoms with Crippen LogP contribution in [0.1, 0.15) is 36.7 Å². The van der Waals surface area contributed by atoms with Crippen molar-refractivity contribution in [1.29, 1.82) is 0 Å². The Hall–Kier alpha value is -2.14. The minimum atomic E-state index is -0.734. The highest BCUT2D eigenvalue weighted by Crippen LogP contribution is 2.18. The number of halogens is 1. The normalized spacial score (nSPS) is 10.8. The van der Waals surface area contributed by atoms with Crippen molar-refractivity contribution >= 4 is 23.6 Å². The van der Waals surface area contributed by atoms with Gasteiger partial charge in [0.05, 0.1) is 12.1 Å². The standard InChI is InChI=1S/C17H21ClN2O3/c1-6-8-12-10-14(18)19-11-13(12)15(21)20(9-7-2)16(22)23-17(3,4)5/h6-7,10-11H,1-2,8-9H2,3-5H3. The number of ether oxygens (including phenoxy) is 1. The zero-order valence-electron chi connectivity index (χ0n) is 13.6. The molecule has 6 heteroatoms. The molecule has 0 radical (unpaired) electrons. The summed E-state index contributed by atoms with van der Waals surface area (Å²) in [7, 11) is 0. The van der Waals surface area contributed by atoms with Crippen LogP contribution in [0, 0.1) is 0 Å². The molecule has 0 fully saturated rings. The first kappa shape index (κ1) is 18.9. The van der Waals surface area contributed by atoms with Crippen molar-refractivity contribution in [3.8, 4) is 0 Å². The molecular formula is C17H21ClN2O3. The van der Waals surface area contributed by atoms with E-state index in [1.807, 2.05) is 0 Å². The van der Waals surface area contributed by atoms with Crippen LogP contribution in [0.3, 0.4) is 0 Å². The molecule has 0 aliphatic carbocycles. The number of nitrogens with zero attached hydrogens (tertiary/aromatic N) is 2. The second kappa shape index (κ2) is 7.92. The fourth-order valence-electron chi connectivity index (χ4n) is 1.82. The van der Waals surface area contributed by atoms with Crippen molar-refractivity contribution in [1.82, 2.24) is 9.88 Å². The van der Waals surface area contributed by atoms with Gasteiger partial charge >= 0.3 is 6.09 Å². The highest BCUT2D eigenvalue weighted by molar-refractivity contribution is 6.29. The number of imide groups is 1. The summed E-state index contributed by atoms with van der Waals surface area (Å²) in [5.74, 6) is -0.514. The van der Waals surface area contributed by atoms with Gasteiger partial charge in [-0.1, -0.05) is 23.8 Å². The van der Waals surface area contributed by atoms with Crippen LogP contribution in [-0.2, 0) is 11.2 Å². The maximum absolute atomic E-state index is 12.7. The topological polar surface area (TPSA) is 59.5 Å². The Kier molecular flexibility index (Phi) is 6.51. The van der Waals surface area contributed by atoms with E-state index in [1.165, 1.54) is 12.3 Å². The van der Waals surface area contributed by atoms with Gasteiger partial charge in [-0.15, -0.1) is 13.2 Å². The first-order chi connectivity index (χ1) is 10.7. The van der Waals surface area contributed by atoms with Gasteiger partial charge < -0.3 is 4.74 Å². The lowest BCUT2D eigenvalue weighted by atomic mass is 10.1. The number of hydrogen-bond acceptors (Lipinski definition) is 4. The van der Waals surface area contributed by atoms with Gasteiger partial charge in [0.2, 0.25) is 0 Å². The van der Waals surface area contributed by atoms with Gasteiger partial charge in [0.25, 0.3) is 5.91 Å². The summed E-state index contributed by atoms with van der Waals surface area (Å²) >= 11 is 5.87. The third-order valence-corrected chi connectivity index (χ3v) is 2.93.